The number of amides is 3. The van der Waals surface area contributed by atoms with Crippen molar-refractivity contribution in [2.75, 3.05) is 51.9 Å². The lowest BCUT2D eigenvalue weighted by atomic mass is 10.0. The molecule has 0 aromatic rings. The Kier molecular flexibility index (Phi) is 11.7. The van der Waals surface area contributed by atoms with Crippen LogP contribution in [-0.2, 0) is 19.0 Å². The van der Waals surface area contributed by atoms with Crippen molar-refractivity contribution in [1.29, 1.82) is 0 Å². The third-order valence-corrected chi connectivity index (χ3v) is 6.25. The maximum Gasteiger partial charge on any atom is 0.315 e. The van der Waals surface area contributed by atoms with Crippen LogP contribution in [0.2, 0.25) is 0 Å². The molecule has 28 heavy (non-hydrogen) atoms. The second-order valence-corrected chi connectivity index (χ2v) is 8.33. The molecule has 1 unspecified atom stereocenters. The van der Waals surface area contributed by atoms with E-state index in [1.165, 1.54) is 0 Å². The van der Waals surface area contributed by atoms with E-state index in [2.05, 4.69) is 22.9 Å². The number of ether oxygens (including phenoxy) is 3. The van der Waals surface area contributed by atoms with E-state index in [-0.39, 0.29) is 24.0 Å². The van der Waals surface area contributed by atoms with Gasteiger partial charge in [-0.2, -0.15) is 11.8 Å². The molecule has 9 heteroatoms. The van der Waals surface area contributed by atoms with E-state index in [9.17, 15) is 9.59 Å². The standard InChI is InChI=1S/C19H35N3O5S/c1-2-8-25-10-12-27-13-11-26-9-7-20-17(23)6-4-3-5-16-18-15(14-28-16)21-19(24)22-18/h15-16,18H,2-14H2,1H3,(H,20,23)(H2,21,22,24)/t15?,16-,18-/m0/s1. The fourth-order valence-corrected chi connectivity index (χ4v) is 4.85. The Morgan fingerprint density at radius 1 is 1.07 bits per heavy atom. The zero-order chi connectivity index (χ0) is 20.0. The lowest BCUT2D eigenvalue weighted by Gasteiger charge is -2.16. The largest absolute Gasteiger partial charge is 0.379 e. The molecular formula is C19H35N3O5S. The molecule has 0 spiro atoms. The second-order valence-electron chi connectivity index (χ2n) is 7.05. The monoisotopic (exact) mass is 417 g/mol. The lowest BCUT2D eigenvalue weighted by Crippen LogP contribution is -2.36. The van der Waals surface area contributed by atoms with Gasteiger partial charge in [-0.3, -0.25) is 4.79 Å². The molecule has 2 heterocycles. The first-order valence-electron chi connectivity index (χ1n) is 10.4. The fourth-order valence-electron chi connectivity index (χ4n) is 3.31. The van der Waals surface area contributed by atoms with Gasteiger partial charge in [0.2, 0.25) is 5.91 Å². The SMILES string of the molecule is CCCOCCOCCOCCNC(=O)CCCC[C@@H]1SCC2NC(=O)N[C@@H]21. The van der Waals surface area contributed by atoms with Gasteiger partial charge in [-0.05, 0) is 19.3 Å². The maximum absolute atomic E-state index is 11.8. The maximum atomic E-state index is 11.8. The normalized spacial score (nSPS) is 23.3. The summed E-state index contributed by atoms with van der Waals surface area (Å²) in [4.78, 5) is 23.2. The predicted molar refractivity (Wildman–Crippen MR) is 110 cm³/mol. The van der Waals surface area contributed by atoms with Crippen LogP contribution in [0.5, 0.6) is 0 Å². The van der Waals surface area contributed by atoms with Crippen LogP contribution in [0, 0.1) is 0 Å². The molecule has 0 aliphatic carbocycles. The van der Waals surface area contributed by atoms with Crippen LogP contribution >= 0.6 is 11.8 Å². The first-order chi connectivity index (χ1) is 13.7. The van der Waals surface area contributed by atoms with Gasteiger partial charge < -0.3 is 30.2 Å². The minimum Gasteiger partial charge on any atom is -0.379 e. The van der Waals surface area contributed by atoms with Crippen molar-refractivity contribution in [2.45, 2.75) is 56.4 Å². The molecular weight excluding hydrogens is 382 g/mol. The van der Waals surface area contributed by atoms with Gasteiger partial charge in [0.25, 0.3) is 0 Å². The average molecular weight is 418 g/mol. The molecule has 2 aliphatic heterocycles. The van der Waals surface area contributed by atoms with Crippen molar-refractivity contribution >= 4 is 23.7 Å². The van der Waals surface area contributed by atoms with Crippen molar-refractivity contribution in [3.05, 3.63) is 0 Å². The summed E-state index contributed by atoms with van der Waals surface area (Å²) >= 11 is 1.91. The van der Waals surface area contributed by atoms with Gasteiger partial charge in [-0.15, -0.1) is 0 Å². The Morgan fingerprint density at radius 3 is 2.54 bits per heavy atom. The van der Waals surface area contributed by atoms with Gasteiger partial charge in [-0.1, -0.05) is 13.3 Å². The molecule has 0 aromatic heterocycles. The van der Waals surface area contributed by atoms with Crippen LogP contribution in [0.25, 0.3) is 0 Å². The molecule has 2 fully saturated rings. The lowest BCUT2D eigenvalue weighted by molar-refractivity contribution is -0.121. The van der Waals surface area contributed by atoms with Gasteiger partial charge in [0, 0.05) is 30.6 Å². The second kappa shape index (κ2) is 14.0. The number of fused-ring (bicyclic) bond motifs is 1. The zero-order valence-corrected chi connectivity index (χ0v) is 17.7. The molecule has 3 amide bonds. The van der Waals surface area contributed by atoms with Gasteiger partial charge in [0.15, 0.2) is 0 Å². The van der Waals surface area contributed by atoms with Gasteiger partial charge in [-0.25, -0.2) is 4.79 Å². The highest BCUT2D eigenvalue weighted by molar-refractivity contribution is 8.00. The van der Waals surface area contributed by atoms with Crippen LogP contribution in [-0.4, -0.2) is 81.2 Å². The molecule has 3 N–H and O–H groups in total. The highest BCUT2D eigenvalue weighted by Crippen LogP contribution is 2.33. The van der Waals surface area contributed by atoms with Crippen molar-refractivity contribution in [3.63, 3.8) is 0 Å². The number of thioether (sulfide) groups is 1. The molecule has 2 aliphatic rings. The fraction of sp³-hybridized carbons (Fsp3) is 0.895. The van der Waals surface area contributed by atoms with E-state index in [1.54, 1.807) is 0 Å². The van der Waals surface area contributed by atoms with Crippen LogP contribution in [0.3, 0.4) is 0 Å². The number of urea groups is 1. The van der Waals surface area contributed by atoms with Gasteiger partial charge in [0.1, 0.15) is 0 Å². The molecule has 0 radical (unpaired) electrons. The van der Waals surface area contributed by atoms with Gasteiger partial charge >= 0.3 is 6.03 Å². The summed E-state index contributed by atoms with van der Waals surface area (Å²) in [5.41, 5.74) is 0. The number of hydrogen-bond acceptors (Lipinski definition) is 6. The molecule has 2 rings (SSSR count). The van der Waals surface area contributed by atoms with Crippen LogP contribution in [0.1, 0.15) is 39.0 Å². The Hall–Kier alpha value is -1.03. The number of unbranched alkanes of at least 4 members (excludes halogenated alkanes) is 1. The molecule has 3 atom stereocenters. The summed E-state index contributed by atoms with van der Waals surface area (Å²) in [5, 5.41) is 9.29. The van der Waals surface area contributed by atoms with Crippen molar-refractivity contribution in [2.24, 2.45) is 0 Å². The van der Waals surface area contributed by atoms with E-state index in [0.717, 1.165) is 38.0 Å². The Bertz CT molecular complexity index is 469. The number of rotatable bonds is 16. The summed E-state index contributed by atoms with van der Waals surface area (Å²) in [5.74, 6) is 1.05. The smallest absolute Gasteiger partial charge is 0.315 e. The topological polar surface area (TPSA) is 97.9 Å². The first kappa shape index (κ1) is 23.3. The number of carbonyl (C=O) groups is 2. The Balaban J connectivity index is 1.34. The highest BCUT2D eigenvalue weighted by atomic mass is 32.2. The summed E-state index contributed by atoms with van der Waals surface area (Å²) in [6.07, 6.45) is 4.47. The minimum absolute atomic E-state index is 0.0468. The average Bonchev–Trinajstić information content (AvgIpc) is 3.22. The van der Waals surface area contributed by atoms with Crippen LogP contribution in [0.15, 0.2) is 0 Å². The van der Waals surface area contributed by atoms with E-state index in [4.69, 9.17) is 14.2 Å². The highest BCUT2D eigenvalue weighted by Gasteiger charge is 2.42. The third kappa shape index (κ3) is 8.98. The Labute approximate surface area is 172 Å². The molecule has 0 aromatic carbocycles. The van der Waals surface area contributed by atoms with E-state index < -0.39 is 0 Å². The number of nitrogens with one attached hydrogen (secondary N) is 3. The molecule has 162 valence electrons. The van der Waals surface area contributed by atoms with E-state index in [0.29, 0.717) is 51.2 Å². The summed E-state index contributed by atoms with van der Waals surface area (Å²) in [6, 6.07) is 0.469. The minimum atomic E-state index is -0.0468. The molecule has 0 bridgehead atoms. The predicted octanol–water partition coefficient (Wildman–Crippen LogP) is 1.29. The van der Waals surface area contributed by atoms with E-state index >= 15 is 0 Å². The van der Waals surface area contributed by atoms with Crippen molar-refractivity contribution in [1.82, 2.24) is 16.0 Å². The summed E-state index contributed by atoms with van der Waals surface area (Å²) < 4.78 is 16.1. The molecule has 0 saturated carbocycles. The molecule has 2 saturated heterocycles. The third-order valence-electron chi connectivity index (χ3n) is 4.74. The summed E-state index contributed by atoms with van der Waals surface area (Å²) in [7, 11) is 0. The number of hydrogen-bond donors (Lipinski definition) is 3. The van der Waals surface area contributed by atoms with Crippen molar-refractivity contribution < 1.29 is 23.8 Å². The van der Waals surface area contributed by atoms with Crippen molar-refractivity contribution in [3.8, 4) is 0 Å². The van der Waals surface area contributed by atoms with Crippen LogP contribution in [0.4, 0.5) is 4.79 Å². The van der Waals surface area contributed by atoms with Gasteiger partial charge in [0.05, 0.1) is 45.1 Å². The zero-order valence-electron chi connectivity index (χ0n) is 16.9. The molecule has 8 nitrogen and oxygen atoms in total. The quantitative estimate of drug-likeness (QED) is 0.259. The summed E-state index contributed by atoms with van der Waals surface area (Å²) in [6.45, 7) is 6.15. The van der Waals surface area contributed by atoms with Crippen LogP contribution < -0.4 is 16.0 Å². The Morgan fingerprint density at radius 2 is 1.79 bits per heavy atom. The first-order valence-corrected chi connectivity index (χ1v) is 11.4. The van der Waals surface area contributed by atoms with E-state index in [1.807, 2.05) is 11.8 Å². The number of carbonyl (C=O) groups excluding carboxylic acids is 2.